The minimum Gasteiger partial charge on any atom is -0.462 e. The van der Waals surface area contributed by atoms with Gasteiger partial charge in [0.25, 0.3) is 0 Å². The van der Waals surface area contributed by atoms with Crippen LogP contribution in [0.25, 0.3) is 0 Å². The number of esters is 3. The molecule has 6 heteroatoms. The second-order valence-corrected chi connectivity index (χ2v) is 21.3. The van der Waals surface area contributed by atoms with Crippen molar-refractivity contribution in [3.63, 3.8) is 0 Å². The van der Waals surface area contributed by atoms with Gasteiger partial charge in [0.15, 0.2) is 6.10 Å². The molecule has 0 bridgehead atoms. The zero-order valence-electron chi connectivity index (χ0n) is 51.8. The molecule has 0 radical (unpaired) electrons. The van der Waals surface area contributed by atoms with Gasteiger partial charge in [-0.1, -0.05) is 289 Å². The lowest BCUT2D eigenvalue weighted by atomic mass is 10.0. The Morgan fingerprint density at radius 2 is 0.487 bits per heavy atom. The van der Waals surface area contributed by atoms with Gasteiger partial charge in [-0.05, 0) is 122 Å². The third-order valence-corrected chi connectivity index (χ3v) is 13.6. The van der Waals surface area contributed by atoms with E-state index in [1.165, 1.54) is 96.3 Å². The van der Waals surface area contributed by atoms with Crippen LogP contribution in [0.1, 0.15) is 284 Å². The monoisotopic (exact) mass is 1100 g/mol. The lowest BCUT2D eigenvalue weighted by Gasteiger charge is -2.18. The molecular weight excluding hydrogens is 985 g/mol. The maximum atomic E-state index is 12.9. The van der Waals surface area contributed by atoms with Crippen molar-refractivity contribution in [2.75, 3.05) is 13.2 Å². The van der Waals surface area contributed by atoms with Crippen LogP contribution in [-0.2, 0) is 28.6 Å². The summed E-state index contributed by atoms with van der Waals surface area (Å²) in [4.78, 5) is 38.2. The normalized spacial score (nSPS) is 13.1. The van der Waals surface area contributed by atoms with E-state index in [0.717, 1.165) is 148 Å². The van der Waals surface area contributed by atoms with Crippen molar-refractivity contribution >= 4 is 17.9 Å². The number of rotatable bonds is 58. The zero-order valence-corrected chi connectivity index (χ0v) is 51.8. The number of unbranched alkanes of at least 4 members (excludes halogenated alkanes) is 23. The van der Waals surface area contributed by atoms with Crippen molar-refractivity contribution in [2.45, 2.75) is 290 Å². The zero-order chi connectivity index (χ0) is 57.8. The molecule has 0 aliphatic rings. The summed E-state index contributed by atoms with van der Waals surface area (Å²) in [6, 6.07) is 0. The van der Waals surface area contributed by atoms with Gasteiger partial charge in [-0.2, -0.15) is 0 Å². The highest BCUT2D eigenvalue weighted by Gasteiger charge is 2.19. The molecule has 452 valence electrons. The fourth-order valence-electron chi connectivity index (χ4n) is 8.74. The standard InChI is InChI=1S/C74H120O6/c1-4-7-10-13-16-19-21-23-25-27-29-31-33-34-35-36-37-38-39-40-42-43-45-47-49-51-53-55-58-61-64-67-73(76)79-70-71(69-78-72(75)66-63-60-57-18-15-12-9-6-3)80-74(77)68-65-62-59-56-54-52-50-48-46-44-41-32-30-28-26-24-22-20-17-14-11-8-5-2/h7-8,10-11,16-17,19-20,23-26,29-32,34-35,37-38,44,46,50,52,71H,4-6,9,12-15,18,21-22,27-28,33,36,39-43,45,47-49,51,53-70H2,1-3H3/b10-7-,11-8-,19-16-,20-17-,25-23-,26-24-,31-29-,32-30-,35-34-,38-37-,46-44-,52-50-. The lowest BCUT2D eigenvalue weighted by molar-refractivity contribution is -0.167. The number of hydrogen-bond acceptors (Lipinski definition) is 6. The quantitative estimate of drug-likeness (QED) is 0.0261. The van der Waals surface area contributed by atoms with E-state index in [4.69, 9.17) is 14.2 Å². The molecule has 0 fully saturated rings. The van der Waals surface area contributed by atoms with Crippen LogP contribution in [0.5, 0.6) is 0 Å². The molecule has 1 atom stereocenters. The van der Waals surface area contributed by atoms with E-state index >= 15 is 0 Å². The molecule has 0 aromatic carbocycles. The summed E-state index contributed by atoms with van der Waals surface area (Å²) in [7, 11) is 0. The Bertz CT molecular complexity index is 1750. The minimum atomic E-state index is -0.796. The van der Waals surface area contributed by atoms with Crippen molar-refractivity contribution in [3.8, 4) is 0 Å². The van der Waals surface area contributed by atoms with Gasteiger partial charge in [-0.3, -0.25) is 14.4 Å². The highest BCUT2D eigenvalue weighted by Crippen LogP contribution is 2.15. The second kappa shape index (κ2) is 66.8. The highest BCUT2D eigenvalue weighted by molar-refractivity contribution is 5.71. The molecule has 0 heterocycles. The molecule has 0 aromatic rings. The number of carbonyl (C=O) groups is 3. The molecule has 80 heavy (non-hydrogen) atoms. The number of ether oxygens (including phenoxy) is 3. The van der Waals surface area contributed by atoms with E-state index in [-0.39, 0.29) is 31.1 Å². The first-order chi connectivity index (χ1) is 39.5. The van der Waals surface area contributed by atoms with E-state index in [1.807, 2.05) is 0 Å². The van der Waals surface area contributed by atoms with E-state index in [1.54, 1.807) is 0 Å². The number of allylic oxidation sites excluding steroid dienone is 24. The number of hydrogen-bond donors (Lipinski definition) is 0. The van der Waals surface area contributed by atoms with Crippen LogP contribution in [0.4, 0.5) is 0 Å². The van der Waals surface area contributed by atoms with E-state index < -0.39 is 6.10 Å². The SMILES string of the molecule is CC/C=C\C/C=C\C/C=C\C/C=C\C/C=C\C/C=C\CCCCCCCCCCCCCCC(=O)OCC(COC(=O)CCCCCCCCCC)OC(=O)CCCCCC/C=C\C/C=C\C/C=C\C/C=C\C/C=C\C/C=C\CC. The number of carbonyl (C=O) groups excluding carboxylic acids is 3. The molecule has 1 unspecified atom stereocenters. The van der Waals surface area contributed by atoms with E-state index in [0.29, 0.717) is 19.3 Å². The molecule has 0 rings (SSSR count). The Morgan fingerprint density at radius 1 is 0.263 bits per heavy atom. The Balaban J connectivity index is 4.22. The van der Waals surface area contributed by atoms with Gasteiger partial charge < -0.3 is 14.2 Å². The van der Waals surface area contributed by atoms with Crippen molar-refractivity contribution < 1.29 is 28.6 Å². The van der Waals surface area contributed by atoms with Crippen molar-refractivity contribution in [3.05, 3.63) is 146 Å². The Labute approximate surface area is 493 Å². The maximum absolute atomic E-state index is 12.9. The average molecular weight is 1110 g/mol. The van der Waals surface area contributed by atoms with Gasteiger partial charge in [0.05, 0.1) is 0 Å². The fourth-order valence-corrected chi connectivity index (χ4v) is 8.74. The summed E-state index contributed by atoms with van der Waals surface area (Å²) < 4.78 is 16.8. The molecule has 0 aromatic heterocycles. The first-order valence-electron chi connectivity index (χ1n) is 32.8. The maximum Gasteiger partial charge on any atom is 0.306 e. The highest BCUT2D eigenvalue weighted by atomic mass is 16.6. The van der Waals surface area contributed by atoms with Crippen LogP contribution in [0.2, 0.25) is 0 Å². The van der Waals surface area contributed by atoms with Gasteiger partial charge >= 0.3 is 17.9 Å². The Morgan fingerprint density at radius 3 is 0.762 bits per heavy atom. The smallest absolute Gasteiger partial charge is 0.306 e. The van der Waals surface area contributed by atoms with Crippen molar-refractivity contribution in [1.82, 2.24) is 0 Å². The summed E-state index contributed by atoms with van der Waals surface area (Å²) in [5.41, 5.74) is 0. The van der Waals surface area contributed by atoms with Crippen LogP contribution in [-0.4, -0.2) is 37.2 Å². The molecule has 0 spiro atoms. The summed E-state index contributed by atoms with van der Waals surface area (Å²) in [5.74, 6) is -0.922. The first kappa shape index (κ1) is 75.3. The average Bonchev–Trinajstić information content (AvgIpc) is 3.46. The molecule has 6 nitrogen and oxygen atoms in total. The fraction of sp³-hybridized carbons (Fsp3) is 0.635. The van der Waals surface area contributed by atoms with Gasteiger partial charge in [-0.15, -0.1) is 0 Å². The third-order valence-electron chi connectivity index (χ3n) is 13.6. The lowest BCUT2D eigenvalue weighted by Crippen LogP contribution is -2.30. The third kappa shape index (κ3) is 64.1. The first-order valence-corrected chi connectivity index (χ1v) is 32.8. The van der Waals surface area contributed by atoms with E-state index in [9.17, 15) is 14.4 Å². The summed E-state index contributed by atoms with van der Waals surface area (Å²) in [6.07, 6.45) is 95.9. The largest absolute Gasteiger partial charge is 0.462 e. The summed E-state index contributed by atoms with van der Waals surface area (Å²) >= 11 is 0. The molecule has 0 aliphatic heterocycles. The molecular formula is C74H120O6. The van der Waals surface area contributed by atoms with Gasteiger partial charge in [0, 0.05) is 19.3 Å². The Hall–Kier alpha value is -4.71. The summed E-state index contributed by atoms with van der Waals surface area (Å²) in [6.45, 7) is 6.36. The van der Waals surface area contributed by atoms with Gasteiger partial charge in [0.2, 0.25) is 0 Å². The van der Waals surface area contributed by atoms with Crippen LogP contribution >= 0.6 is 0 Å². The van der Waals surface area contributed by atoms with Crippen LogP contribution in [0, 0.1) is 0 Å². The van der Waals surface area contributed by atoms with Crippen molar-refractivity contribution in [1.29, 1.82) is 0 Å². The van der Waals surface area contributed by atoms with Crippen LogP contribution in [0.3, 0.4) is 0 Å². The van der Waals surface area contributed by atoms with Crippen LogP contribution in [0.15, 0.2) is 146 Å². The predicted molar refractivity (Wildman–Crippen MR) is 348 cm³/mol. The van der Waals surface area contributed by atoms with Crippen molar-refractivity contribution in [2.24, 2.45) is 0 Å². The summed E-state index contributed by atoms with van der Waals surface area (Å²) in [5, 5.41) is 0. The molecule has 0 aliphatic carbocycles. The predicted octanol–water partition coefficient (Wildman–Crippen LogP) is 22.7. The topological polar surface area (TPSA) is 78.9 Å². The Kier molecular flexibility index (Phi) is 62.9. The molecule has 0 N–H and O–H groups in total. The molecule has 0 saturated heterocycles. The van der Waals surface area contributed by atoms with E-state index in [2.05, 4.69) is 167 Å². The molecule has 0 amide bonds. The van der Waals surface area contributed by atoms with Crippen LogP contribution < -0.4 is 0 Å². The molecule has 0 saturated carbocycles. The minimum absolute atomic E-state index is 0.0914. The second-order valence-electron chi connectivity index (χ2n) is 21.3. The van der Waals surface area contributed by atoms with Gasteiger partial charge in [-0.25, -0.2) is 0 Å². The van der Waals surface area contributed by atoms with Gasteiger partial charge in [0.1, 0.15) is 13.2 Å².